The number of para-hydroxylation sites is 4. The Hall–Kier alpha value is -4.83. The van der Waals surface area contributed by atoms with E-state index in [1.54, 1.807) is 0 Å². The van der Waals surface area contributed by atoms with E-state index in [-0.39, 0.29) is 0 Å². The predicted octanol–water partition coefficient (Wildman–Crippen LogP) is 8.09. The first-order chi connectivity index (χ1) is 17.3. The van der Waals surface area contributed by atoms with E-state index in [1.165, 1.54) is 0 Å². The maximum absolute atomic E-state index is 10.8. The predicted molar refractivity (Wildman–Crippen MR) is 147 cm³/mol. The number of anilines is 5. The molecular weight excluding hydrogens is 430 g/mol. The van der Waals surface area contributed by atoms with Crippen molar-refractivity contribution >= 4 is 34.7 Å². The van der Waals surface area contributed by atoms with E-state index in [1.807, 2.05) is 121 Å². The molecule has 0 aromatic heterocycles. The highest BCUT2D eigenvalue weighted by Crippen LogP contribution is 2.33. The second-order valence-corrected chi connectivity index (χ2v) is 7.70. The molecular formula is C31H27N3O. The lowest BCUT2D eigenvalue weighted by molar-refractivity contribution is 0.112. The van der Waals surface area contributed by atoms with Crippen LogP contribution in [0.2, 0.25) is 0 Å². The van der Waals surface area contributed by atoms with Gasteiger partial charge in [0.15, 0.2) is 0 Å². The monoisotopic (exact) mass is 457 g/mol. The summed E-state index contributed by atoms with van der Waals surface area (Å²) in [6.07, 6.45) is 0.860. The lowest BCUT2D eigenvalue weighted by Gasteiger charge is -2.25. The van der Waals surface area contributed by atoms with Crippen molar-refractivity contribution in [2.45, 2.75) is 0 Å². The molecule has 5 aromatic rings. The Morgan fingerprint density at radius 2 is 0.771 bits per heavy atom. The van der Waals surface area contributed by atoms with Crippen molar-refractivity contribution in [3.63, 3.8) is 0 Å². The minimum Gasteiger partial charge on any atom is -0.311 e. The number of rotatable bonds is 7. The van der Waals surface area contributed by atoms with Crippen molar-refractivity contribution < 1.29 is 4.79 Å². The highest BCUT2D eigenvalue weighted by Gasteiger charge is 2.11. The average Bonchev–Trinajstić information content (AvgIpc) is 2.95. The van der Waals surface area contributed by atoms with Crippen molar-refractivity contribution in [1.82, 2.24) is 0 Å². The molecule has 0 amide bonds. The number of carbonyl (C=O) groups is 1. The molecule has 0 aliphatic heterocycles. The molecule has 0 aliphatic rings. The second kappa shape index (κ2) is 12.4. The number of nitrogens with one attached hydrogen (secondary N) is 2. The van der Waals surface area contributed by atoms with Gasteiger partial charge in [0, 0.05) is 22.6 Å². The number of hydrazine groups is 1. The summed E-state index contributed by atoms with van der Waals surface area (Å²) in [5, 5.41) is 0. The van der Waals surface area contributed by atoms with Crippen LogP contribution in [0.3, 0.4) is 0 Å². The van der Waals surface area contributed by atoms with Crippen LogP contribution in [-0.2, 0) is 0 Å². The van der Waals surface area contributed by atoms with Crippen LogP contribution in [0.4, 0.5) is 28.4 Å². The zero-order valence-electron chi connectivity index (χ0n) is 19.3. The molecule has 0 aliphatic carbocycles. The van der Waals surface area contributed by atoms with Gasteiger partial charge in [0.25, 0.3) is 0 Å². The Labute approximate surface area is 206 Å². The van der Waals surface area contributed by atoms with E-state index in [2.05, 4.69) is 40.0 Å². The van der Waals surface area contributed by atoms with Crippen LogP contribution in [0, 0.1) is 0 Å². The molecule has 0 bridgehead atoms. The van der Waals surface area contributed by atoms with Crippen LogP contribution in [0.5, 0.6) is 0 Å². The van der Waals surface area contributed by atoms with Gasteiger partial charge in [-0.25, -0.2) is 0 Å². The van der Waals surface area contributed by atoms with Crippen molar-refractivity contribution in [2.24, 2.45) is 0 Å². The third-order valence-corrected chi connectivity index (χ3v) is 5.21. The largest absolute Gasteiger partial charge is 0.311 e. The van der Waals surface area contributed by atoms with E-state index >= 15 is 0 Å². The van der Waals surface area contributed by atoms with Gasteiger partial charge < -0.3 is 15.8 Å². The topological polar surface area (TPSA) is 44.4 Å². The van der Waals surface area contributed by atoms with Crippen molar-refractivity contribution in [3.05, 3.63) is 151 Å². The Balaban J connectivity index is 0.000000179. The molecule has 0 radical (unpaired) electrons. The number of hydrogen-bond donors (Lipinski definition) is 2. The van der Waals surface area contributed by atoms with E-state index in [4.69, 9.17) is 0 Å². The fourth-order valence-electron chi connectivity index (χ4n) is 3.49. The van der Waals surface area contributed by atoms with Gasteiger partial charge in [0.2, 0.25) is 0 Å². The minimum atomic E-state index is 0.680. The van der Waals surface area contributed by atoms with Gasteiger partial charge >= 0.3 is 0 Å². The van der Waals surface area contributed by atoms with Crippen LogP contribution >= 0.6 is 0 Å². The van der Waals surface area contributed by atoms with E-state index in [0.717, 1.165) is 34.7 Å². The summed E-state index contributed by atoms with van der Waals surface area (Å²) in [5.41, 5.74) is 12.2. The first kappa shape index (κ1) is 23.3. The molecule has 2 N–H and O–H groups in total. The van der Waals surface area contributed by atoms with Crippen LogP contribution in [0.1, 0.15) is 10.4 Å². The van der Waals surface area contributed by atoms with Crippen LogP contribution in [0.25, 0.3) is 0 Å². The zero-order valence-corrected chi connectivity index (χ0v) is 19.3. The molecule has 5 aromatic carbocycles. The lowest BCUT2D eigenvalue weighted by atomic mass is 10.1. The van der Waals surface area contributed by atoms with Crippen LogP contribution < -0.4 is 15.8 Å². The van der Waals surface area contributed by atoms with Gasteiger partial charge in [-0.15, -0.1) is 0 Å². The smallest absolute Gasteiger partial charge is 0.150 e. The summed E-state index contributed by atoms with van der Waals surface area (Å²) in [5.74, 6) is 0. The molecule has 35 heavy (non-hydrogen) atoms. The normalized spacial score (nSPS) is 9.83. The van der Waals surface area contributed by atoms with E-state index in [0.29, 0.717) is 5.56 Å². The average molecular weight is 458 g/mol. The van der Waals surface area contributed by atoms with Crippen molar-refractivity contribution in [1.29, 1.82) is 0 Å². The maximum atomic E-state index is 10.8. The molecule has 0 saturated heterocycles. The molecule has 4 nitrogen and oxygen atoms in total. The number of nitrogens with zero attached hydrogens (tertiary/aromatic N) is 1. The molecule has 0 fully saturated rings. The highest BCUT2D eigenvalue weighted by molar-refractivity contribution is 5.80. The van der Waals surface area contributed by atoms with Crippen molar-refractivity contribution in [3.8, 4) is 0 Å². The first-order valence-electron chi connectivity index (χ1n) is 11.4. The summed E-state index contributed by atoms with van der Waals surface area (Å²) in [6.45, 7) is 0. The number of carbonyl (C=O) groups excluding carboxylic acids is 1. The maximum Gasteiger partial charge on any atom is 0.150 e. The number of aldehydes is 1. The van der Waals surface area contributed by atoms with Gasteiger partial charge in [-0.1, -0.05) is 72.8 Å². The third kappa shape index (κ3) is 6.83. The molecule has 0 atom stereocenters. The van der Waals surface area contributed by atoms with Crippen LogP contribution in [-0.4, -0.2) is 6.29 Å². The highest BCUT2D eigenvalue weighted by atomic mass is 16.1. The summed E-state index contributed by atoms with van der Waals surface area (Å²) in [4.78, 5) is 13.0. The molecule has 0 unspecified atom stereocenters. The Kier molecular flexibility index (Phi) is 8.28. The Bertz CT molecular complexity index is 1200. The summed E-state index contributed by atoms with van der Waals surface area (Å²) >= 11 is 0. The molecule has 4 heteroatoms. The summed E-state index contributed by atoms with van der Waals surface area (Å²) in [7, 11) is 0. The van der Waals surface area contributed by atoms with Crippen LogP contribution in [0.15, 0.2) is 146 Å². The van der Waals surface area contributed by atoms with Gasteiger partial charge in [-0.2, -0.15) is 0 Å². The Morgan fingerprint density at radius 3 is 1.14 bits per heavy atom. The summed E-state index contributed by atoms with van der Waals surface area (Å²) in [6, 6.07) is 48.0. The molecule has 5 rings (SSSR count). The fraction of sp³-hybridized carbons (Fsp3) is 0. The molecule has 172 valence electrons. The third-order valence-electron chi connectivity index (χ3n) is 5.21. The second-order valence-electron chi connectivity index (χ2n) is 7.70. The van der Waals surface area contributed by atoms with Gasteiger partial charge in [-0.3, -0.25) is 4.79 Å². The Morgan fingerprint density at radius 1 is 0.429 bits per heavy atom. The minimum absolute atomic E-state index is 0.680. The van der Waals surface area contributed by atoms with Gasteiger partial charge in [0.1, 0.15) is 6.29 Å². The molecule has 0 spiro atoms. The van der Waals surface area contributed by atoms with Gasteiger partial charge in [-0.05, 0) is 72.8 Å². The van der Waals surface area contributed by atoms with E-state index < -0.39 is 0 Å². The quantitative estimate of drug-likeness (QED) is 0.191. The van der Waals surface area contributed by atoms with Crippen molar-refractivity contribution in [2.75, 3.05) is 15.8 Å². The number of benzene rings is 5. The SMILES string of the molecule is O=Cc1ccc(N(c2ccccc2)c2ccccc2)cc1.c1ccc(NNc2ccccc2)cc1. The standard InChI is InChI=1S/C19H15NO.C12H12N2/c21-15-16-11-13-19(14-12-16)20(17-7-3-1-4-8-17)18-9-5-2-6-10-18;1-3-7-11(8-4-1)13-14-12-9-5-2-6-10-12/h1-15H;1-10,13-14H. The summed E-state index contributed by atoms with van der Waals surface area (Å²) < 4.78 is 0. The molecule has 0 saturated carbocycles. The van der Waals surface area contributed by atoms with Gasteiger partial charge in [0.05, 0.1) is 11.4 Å². The lowest BCUT2D eigenvalue weighted by Crippen LogP contribution is -2.09. The molecule has 0 heterocycles. The van der Waals surface area contributed by atoms with E-state index in [9.17, 15) is 4.79 Å². The fourth-order valence-corrected chi connectivity index (χ4v) is 3.49. The first-order valence-corrected chi connectivity index (χ1v) is 11.4. The number of hydrogen-bond acceptors (Lipinski definition) is 4. The zero-order chi connectivity index (χ0) is 24.1.